The van der Waals surface area contributed by atoms with Crippen LogP contribution in [0.2, 0.25) is 0 Å². The zero-order valence-electron chi connectivity index (χ0n) is 15.9. The lowest BCUT2D eigenvalue weighted by Crippen LogP contribution is -2.30. The van der Waals surface area contributed by atoms with Crippen LogP contribution in [-0.4, -0.2) is 49.0 Å². The third-order valence-electron chi connectivity index (χ3n) is 4.93. The maximum Gasteiger partial charge on any atom is 0.282 e. The molecule has 1 saturated heterocycles. The van der Waals surface area contributed by atoms with Crippen LogP contribution in [0.4, 0.5) is 0 Å². The standard InChI is InChI=1S/C20H23N5O2S/c1-2-24-13-16-18(22-24)19(27)25(12-15-8-4-3-5-9-15)20(21-16)28-14-17(26)23-10-6-7-11-23/h3-5,8-9,13H,2,6-7,10-12,14H2,1H3. The molecule has 0 N–H and O–H groups in total. The Morgan fingerprint density at radius 3 is 2.64 bits per heavy atom. The van der Waals surface area contributed by atoms with Gasteiger partial charge in [0.15, 0.2) is 10.7 Å². The number of benzene rings is 1. The van der Waals surface area contributed by atoms with E-state index >= 15 is 0 Å². The van der Waals surface area contributed by atoms with Gasteiger partial charge in [-0.2, -0.15) is 5.10 Å². The van der Waals surface area contributed by atoms with Gasteiger partial charge in [-0.1, -0.05) is 42.1 Å². The van der Waals surface area contributed by atoms with Gasteiger partial charge in [-0.3, -0.25) is 18.8 Å². The van der Waals surface area contributed by atoms with Crippen molar-refractivity contribution in [3.63, 3.8) is 0 Å². The van der Waals surface area contributed by atoms with E-state index in [1.807, 2.05) is 42.2 Å². The summed E-state index contributed by atoms with van der Waals surface area (Å²) in [7, 11) is 0. The highest BCUT2D eigenvalue weighted by Crippen LogP contribution is 2.20. The molecule has 0 bridgehead atoms. The molecule has 0 unspecified atom stereocenters. The van der Waals surface area contributed by atoms with Gasteiger partial charge in [0.1, 0.15) is 5.52 Å². The molecule has 4 rings (SSSR count). The zero-order valence-corrected chi connectivity index (χ0v) is 16.7. The van der Waals surface area contributed by atoms with Crippen LogP contribution in [-0.2, 0) is 17.9 Å². The first-order valence-electron chi connectivity index (χ1n) is 9.58. The molecular weight excluding hydrogens is 374 g/mol. The molecule has 0 aliphatic carbocycles. The molecule has 0 saturated carbocycles. The largest absolute Gasteiger partial charge is 0.342 e. The minimum Gasteiger partial charge on any atom is -0.342 e. The molecule has 0 atom stereocenters. The normalized spacial score (nSPS) is 14.1. The topological polar surface area (TPSA) is 73.0 Å². The van der Waals surface area contributed by atoms with Crippen molar-refractivity contribution in [1.82, 2.24) is 24.2 Å². The number of rotatable bonds is 6. The smallest absolute Gasteiger partial charge is 0.282 e. The highest BCUT2D eigenvalue weighted by Gasteiger charge is 2.20. The van der Waals surface area contributed by atoms with Crippen LogP contribution < -0.4 is 5.56 Å². The molecule has 146 valence electrons. The third-order valence-corrected chi connectivity index (χ3v) is 5.89. The fourth-order valence-corrected chi connectivity index (χ4v) is 4.29. The monoisotopic (exact) mass is 397 g/mol. The molecule has 1 aromatic carbocycles. The Balaban J connectivity index is 1.68. The quantitative estimate of drug-likeness (QED) is 0.472. The number of carbonyl (C=O) groups excluding carboxylic acids is 1. The predicted octanol–water partition coefficient (Wildman–Crippen LogP) is 2.38. The first-order valence-corrected chi connectivity index (χ1v) is 10.6. The molecule has 2 aromatic heterocycles. The Morgan fingerprint density at radius 2 is 1.93 bits per heavy atom. The summed E-state index contributed by atoms with van der Waals surface area (Å²) in [5.41, 5.74) is 1.78. The van der Waals surface area contributed by atoms with Crippen LogP contribution in [0, 0.1) is 0 Å². The molecule has 3 heterocycles. The number of aromatic nitrogens is 4. The van der Waals surface area contributed by atoms with E-state index in [2.05, 4.69) is 10.1 Å². The number of fused-ring (bicyclic) bond motifs is 1. The highest BCUT2D eigenvalue weighted by molar-refractivity contribution is 7.99. The van der Waals surface area contributed by atoms with Crippen molar-refractivity contribution in [3.8, 4) is 0 Å². The molecule has 7 nitrogen and oxygen atoms in total. The lowest BCUT2D eigenvalue weighted by Gasteiger charge is -2.16. The molecule has 1 aliphatic heterocycles. The minimum absolute atomic E-state index is 0.104. The average Bonchev–Trinajstić information content (AvgIpc) is 3.39. The highest BCUT2D eigenvalue weighted by atomic mass is 32.2. The van der Waals surface area contributed by atoms with E-state index in [0.717, 1.165) is 31.5 Å². The van der Waals surface area contributed by atoms with Gasteiger partial charge >= 0.3 is 0 Å². The number of hydrogen-bond acceptors (Lipinski definition) is 5. The van der Waals surface area contributed by atoms with E-state index in [-0.39, 0.29) is 17.2 Å². The van der Waals surface area contributed by atoms with Gasteiger partial charge in [0.25, 0.3) is 5.56 Å². The van der Waals surface area contributed by atoms with Crippen LogP contribution in [0.15, 0.2) is 46.5 Å². The van der Waals surface area contributed by atoms with E-state index in [1.54, 1.807) is 15.4 Å². The van der Waals surface area contributed by atoms with Crippen LogP contribution in [0.1, 0.15) is 25.3 Å². The van der Waals surface area contributed by atoms with E-state index in [4.69, 9.17) is 0 Å². The van der Waals surface area contributed by atoms with Crippen molar-refractivity contribution in [1.29, 1.82) is 0 Å². The van der Waals surface area contributed by atoms with Gasteiger partial charge < -0.3 is 4.90 Å². The van der Waals surface area contributed by atoms with Gasteiger partial charge in [-0.25, -0.2) is 4.98 Å². The molecule has 0 spiro atoms. The van der Waals surface area contributed by atoms with Crippen molar-refractivity contribution in [2.24, 2.45) is 0 Å². The molecule has 0 radical (unpaired) electrons. The Bertz CT molecular complexity index is 1040. The predicted molar refractivity (Wildman–Crippen MR) is 110 cm³/mol. The Hall–Kier alpha value is -2.61. The molecule has 28 heavy (non-hydrogen) atoms. The number of nitrogens with zero attached hydrogens (tertiary/aromatic N) is 5. The molecule has 1 aliphatic rings. The van der Waals surface area contributed by atoms with Crippen LogP contribution in [0.25, 0.3) is 11.0 Å². The number of carbonyl (C=O) groups is 1. The van der Waals surface area contributed by atoms with Gasteiger partial charge in [-0.05, 0) is 25.3 Å². The summed E-state index contributed by atoms with van der Waals surface area (Å²) in [6.45, 7) is 4.70. The maximum absolute atomic E-state index is 13.1. The van der Waals surface area contributed by atoms with Crippen LogP contribution in [0.3, 0.4) is 0 Å². The van der Waals surface area contributed by atoms with E-state index in [1.165, 1.54) is 11.8 Å². The van der Waals surface area contributed by atoms with Crippen molar-refractivity contribution in [2.75, 3.05) is 18.8 Å². The molecular formula is C20H23N5O2S. The number of hydrogen-bond donors (Lipinski definition) is 0. The van der Waals surface area contributed by atoms with Crippen LogP contribution >= 0.6 is 11.8 Å². The number of amides is 1. The number of thioether (sulfide) groups is 1. The zero-order chi connectivity index (χ0) is 19.5. The van der Waals surface area contributed by atoms with E-state index in [9.17, 15) is 9.59 Å². The second kappa shape index (κ2) is 8.18. The number of likely N-dealkylation sites (tertiary alicyclic amines) is 1. The van der Waals surface area contributed by atoms with E-state index in [0.29, 0.717) is 29.3 Å². The first-order chi connectivity index (χ1) is 13.7. The molecule has 1 fully saturated rings. The summed E-state index contributed by atoms with van der Waals surface area (Å²) in [4.78, 5) is 32.1. The summed E-state index contributed by atoms with van der Waals surface area (Å²) in [5, 5.41) is 4.93. The second-order valence-corrected chi connectivity index (χ2v) is 7.81. The second-order valence-electron chi connectivity index (χ2n) is 6.87. The Labute approximate surface area is 167 Å². The lowest BCUT2D eigenvalue weighted by molar-refractivity contribution is -0.127. The summed E-state index contributed by atoms with van der Waals surface area (Å²) < 4.78 is 3.35. The summed E-state index contributed by atoms with van der Waals surface area (Å²) in [6, 6.07) is 9.79. The van der Waals surface area contributed by atoms with Gasteiger partial charge in [0.05, 0.1) is 18.5 Å². The van der Waals surface area contributed by atoms with Crippen LogP contribution in [0.5, 0.6) is 0 Å². The van der Waals surface area contributed by atoms with Crippen molar-refractivity contribution < 1.29 is 4.79 Å². The third kappa shape index (κ3) is 3.82. The maximum atomic E-state index is 13.1. The fraction of sp³-hybridized carbons (Fsp3) is 0.400. The Morgan fingerprint density at radius 1 is 1.18 bits per heavy atom. The number of aryl methyl sites for hydroxylation is 1. The van der Waals surface area contributed by atoms with Gasteiger partial charge in [-0.15, -0.1) is 0 Å². The van der Waals surface area contributed by atoms with Crippen molar-refractivity contribution in [2.45, 2.75) is 38.0 Å². The molecule has 1 amide bonds. The minimum atomic E-state index is -0.169. The Kier molecular flexibility index (Phi) is 5.47. The SMILES string of the molecule is CCn1cc2nc(SCC(=O)N3CCCC3)n(Cc3ccccc3)c(=O)c2n1. The average molecular weight is 398 g/mol. The van der Waals surface area contributed by atoms with Crippen molar-refractivity contribution >= 4 is 28.7 Å². The van der Waals surface area contributed by atoms with Crippen molar-refractivity contribution in [3.05, 3.63) is 52.4 Å². The van der Waals surface area contributed by atoms with E-state index < -0.39 is 0 Å². The van der Waals surface area contributed by atoms with Gasteiger partial charge in [0.2, 0.25) is 5.91 Å². The molecule has 8 heteroatoms. The van der Waals surface area contributed by atoms with Gasteiger partial charge in [0, 0.05) is 19.6 Å². The first kappa shape index (κ1) is 18.7. The summed E-state index contributed by atoms with van der Waals surface area (Å²) in [6.07, 6.45) is 3.92. The summed E-state index contributed by atoms with van der Waals surface area (Å²) in [5.74, 6) is 0.390. The fourth-order valence-electron chi connectivity index (χ4n) is 3.38. The molecule has 3 aromatic rings. The summed E-state index contributed by atoms with van der Waals surface area (Å²) >= 11 is 1.33. The lowest BCUT2D eigenvalue weighted by atomic mass is 10.2.